The van der Waals surface area contributed by atoms with Gasteiger partial charge < -0.3 is 4.74 Å². The number of carbonyl (C=O) groups excluding carboxylic acids is 2. The monoisotopic (exact) mass is 401 g/mol. The number of amides is 2. The Morgan fingerprint density at radius 1 is 1.36 bits per heavy atom. The van der Waals surface area contributed by atoms with Crippen LogP contribution in [0.5, 0.6) is 0 Å². The van der Waals surface area contributed by atoms with Crippen LogP contribution in [-0.2, 0) is 16.0 Å². The largest absolute Gasteiger partial charge is 0.450 e. The Bertz CT molecular complexity index is 797. The van der Waals surface area contributed by atoms with E-state index < -0.39 is 6.09 Å². The summed E-state index contributed by atoms with van der Waals surface area (Å²) in [6.07, 6.45) is 0.747. The van der Waals surface area contributed by atoms with Gasteiger partial charge in [0.25, 0.3) is 0 Å². The highest BCUT2D eigenvalue weighted by molar-refractivity contribution is 7.15. The van der Waals surface area contributed by atoms with E-state index in [-0.39, 0.29) is 24.1 Å². The normalized spacial score (nSPS) is 10.7. The predicted molar refractivity (Wildman–Crippen MR) is 96.5 cm³/mol. The minimum Gasteiger partial charge on any atom is -0.450 e. The van der Waals surface area contributed by atoms with Gasteiger partial charge in [0, 0.05) is 10.6 Å². The number of rotatable bonds is 6. The fourth-order valence-corrected chi connectivity index (χ4v) is 2.77. The molecule has 1 heterocycles. The first-order valence-corrected chi connectivity index (χ1v) is 8.58. The van der Waals surface area contributed by atoms with E-state index in [9.17, 15) is 9.59 Å². The maximum Gasteiger partial charge on any atom is 0.413 e. The summed E-state index contributed by atoms with van der Waals surface area (Å²) in [6, 6.07) is 4.92. The molecule has 0 radical (unpaired) electrons. The lowest BCUT2D eigenvalue weighted by molar-refractivity contribution is -0.120. The number of nitrogens with one attached hydrogen (secondary N) is 2. The molecule has 1 aromatic carbocycles. The first-order valence-electron chi connectivity index (χ1n) is 7.01. The smallest absolute Gasteiger partial charge is 0.413 e. The van der Waals surface area contributed by atoms with Crippen molar-refractivity contribution in [2.75, 3.05) is 11.9 Å². The topological polar surface area (TPSA) is 106 Å². The fraction of sp³-hybridized carbons (Fsp3) is 0.214. The van der Waals surface area contributed by atoms with Gasteiger partial charge in [0.2, 0.25) is 11.0 Å². The van der Waals surface area contributed by atoms with Crippen molar-refractivity contribution in [2.24, 2.45) is 5.10 Å². The average Bonchev–Trinajstić information content (AvgIpc) is 2.96. The summed E-state index contributed by atoms with van der Waals surface area (Å²) in [6.45, 7) is 1.93. The summed E-state index contributed by atoms with van der Waals surface area (Å²) in [5, 5.41) is 15.4. The number of hydrogen-bond donors (Lipinski definition) is 2. The van der Waals surface area contributed by atoms with E-state index in [0.29, 0.717) is 20.6 Å². The van der Waals surface area contributed by atoms with Gasteiger partial charge in [-0.1, -0.05) is 40.6 Å². The summed E-state index contributed by atoms with van der Waals surface area (Å²) in [4.78, 5) is 23.1. The van der Waals surface area contributed by atoms with Crippen LogP contribution in [0.25, 0.3) is 0 Å². The molecule has 1 aromatic heterocycles. The summed E-state index contributed by atoms with van der Waals surface area (Å²) >= 11 is 12.9. The molecule has 0 aliphatic carbocycles. The van der Waals surface area contributed by atoms with Crippen LogP contribution in [0.15, 0.2) is 23.3 Å². The molecule has 25 heavy (non-hydrogen) atoms. The molecule has 0 saturated carbocycles. The Morgan fingerprint density at radius 3 is 2.88 bits per heavy atom. The summed E-state index contributed by atoms with van der Waals surface area (Å²) < 4.78 is 4.72. The lowest BCUT2D eigenvalue weighted by Gasteiger charge is -2.00. The number of halogens is 2. The molecule has 0 unspecified atom stereocenters. The third-order valence-electron chi connectivity index (χ3n) is 2.62. The van der Waals surface area contributed by atoms with E-state index in [0.717, 1.165) is 11.3 Å². The quantitative estimate of drug-likeness (QED) is 0.571. The Morgan fingerprint density at radius 2 is 2.16 bits per heavy atom. The van der Waals surface area contributed by atoms with Crippen molar-refractivity contribution in [3.63, 3.8) is 0 Å². The number of anilines is 1. The van der Waals surface area contributed by atoms with Crippen LogP contribution in [0.2, 0.25) is 10.0 Å². The zero-order chi connectivity index (χ0) is 18.2. The highest BCUT2D eigenvalue weighted by Crippen LogP contribution is 2.19. The molecular formula is C14H13Cl2N5O3S. The van der Waals surface area contributed by atoms with Crippen molar-refractivity contribution in [2.45, 2.75) is 13.3 Å². The molecule has 0 aliphatic rings. The van der Waals surface area contributed by atoms with Crippen molar-refractivity contribution >= 4 is 57.9 Å². The maximum absolute atomic E-state index is 11.8. The van der Waals surface area contributed by atoms with E-state index in [1.165, 1.54) is 6.21 Å². The third-order valence-corrected chi connectivity index (χ3v) is 4.02. The van der Waals surface area contributed by atoms with Gasteiger partial charge in [-0.05, 0) is 19.1 Å². The van der Waals surface area contributed by atoms with Gasteiger partial charge in [-0.25, -0.2) is 10.2 Å². The maximum atomic E-state index is 11.8. The van der Waals surface area contributed by atoms with Gasteiger partial charge in [0.15, 0.2) is 0 Å². The number of carbonyl (C=O) groups is 2. The Hall–Kier alpha value is -2.23. The third kappa shape index (κ3) is 6.29. The first-order chi connectivity index (χ1) is 12.0. The average molecular weight is 402 g/mol. The Labute approximate surface area is 157 Å². The standard InChI is InChI=1S/C14H13Cl2N5O3S/c1-2-24-14(23)18-13-21-20-12(25-13)6-11(22)19-17-7-8-3-4-9(15)5-10(8)16/h3-5,7H,2,6H2,1H3,(H,19,22)(H,18,21,23)/b17-7-. The van der Waals surface area contributed by atoms with Gasteiger partial charge in [-0.15, -0.1) is 10.2 Å². The highest BCUT2D eigenvalue weighted by atomic mass is 35.5. The van der Waals surface area contributed by atoms with E-state index in [1.807, 2.05) is 0 Å². The van der Waals surface area contributed by atoms with E-state index in [4.69, 9.17) is 27.9 Å². The lowest BCUT2D eigenvalue weighted by atomic mass is 10.2. The van der Waals surface area contributed by atoms with Crippen molar-refractivity contribution in [3.8, 4) is 0 Å². The molecular weight excluding hydrogens is 389 g/mol. The molecule has 0 saturated heterocycles. The van der Waals surface area contributed by atoms with Crippen molar-refractivity contribution < 1.29 is 14.3 Å². The zero-order valence-electron chi connectivity index (χ0n) is 13.0. The number of nitrogens with zero attached hydrogens (tertiary/aromatic N) is 3. The molecule has 2 aromatic rings. The summed E-state index contributed by atoms with van der Waals surface area (Å²) in [5.41, 5.74) is 2.97. The van der Waals surface area contributed by atoms with Crippen LogP contribution in [0, 0.1) is 0 Å². The van der Waals surface area contributed by atoms with E-state index in [2.05, 4.69) is 26.0 Å². The second-order valence-corrected chi connectivity index (χ2v) is 6.39. The molecule has 11 heteroatoms. The van der Waals surface area contributed by atoms with E-state index >= 15 is 0 Å². The van der Waals surface area contributed by atoms with Gasteiger partial charge in [-0.3, -0.25) is 10.1 Å². The molecule has 0 atom stereocenters. The minimum absolute atomic E-state index is 0.0339. The summed E-state index contributed by atoms with van der Waals surface area (Å²) in [7, 11) is 0. The minimum atomic E-state index is -0.626. The van der Waals surface area contributed by atoms with Crippen LogP contribution in [0.3, 0.4) is 0 Å². The number of hydrazone groups is 1. The number of hydrogen-bond acceptors (Lipinski definition) is 7. The molecule has 0 bridgehead atoms. The molecule has 0 fully saturated rings. The predicted octanol–water partition coefficient (Wildman–Crippen LogP) is 3.11. The van der Waals surface area contributed by atoms with Crippen LogP contribution in [-0.4, -0.2) is 35.0 Å². The SMILES string of the molecule is CCOC(=O)Nc1nnc(CC(=O)N/N=C\c2ccc(Cl)cc2Cl)s1. The Balaban J connectivity index is 1.85. The number of benzene rings is 1. The fourth-order valence-electron chi connectivity index (χ4n) is 1.59. The van der Waals surface area contributed by atoms with Crippen LogP contribution < -0.4 is 10.7 Å². The first kappa shape index (κ1) is 19.1. The van der Waals surface area contributed by atoms with Crippen LogP contribution >= 0.6 is 34.5 Å². The van der Waals surface area contributed by atoms with Gasteiger partial charge in [-0.2, -0.15) is 5.10 Å². The van der Waals surface area contributed by atoms with Gasteiger partial charge >= 0.3 is 6.09 Å². The zero-order valence-corrected chi connectivity index (χ0v) is 15.3. The molecule has 0 spiro atoms. The molecule has 2 amide bonds. The second kappa shape index (κ2) is 9.30. The van der Waals surface area contributed by atoms with Crippen molar-refractivity contribution in [3.05, 3.63) is 38.8 Å². The molecule has 8 nitrogen and oxygen atoms in total. The molecule has 2 rings (SSSR count). The molecule has 0 aliphatic heterocycles. The molecule has 132 valence electrons. The summed E-state index contributed by atoms with van der Waals surface area (Å²) in [5.74, 6) is -0.389. The van der Waals surface area contributed by atoms with Crippen molar-refractivity contribution in [1.29, 1.82) is 0 Å². The number of aromatic nitrogens is 2. The van der Waals surface area contributed by atoms with Gasteiger partial charge in [0.1, 0.15) is 5.01 Å². The van der Waals surface area contributed by atoms with E-state index in [1.54, 1.807) is 25.1 Å². The van der Waals surface area contributed by atoms with Gasteiger partial charge in [0.05, 0.1) is 24.3 Å². The second-order valence-electron chi connectivity index (χ2n) is 4.48. The highest BCUT2D eigenvalue weighted by Gasteiger charge is 2.11. The Kier molecular flexibility index (Phi) is 7.11. The lowest BCUT2D eigenvalue weighted by Crippen LogP contribution is -2.19. The number of ether oxygens (including phenoxy) is 1. The van der Waals surface area contributed by atoms with Crippen molar-refractivity contribution in [1.82, 2.24) is 15.6 Å². The molecule has 2 N–H and O–H groups in total. The van der Waals surface area contributed by atoms with Crippen LogP contribution in [0.4, 0.5) is 9.93 Å². The van der Waals surface area contributed by atoms with Crippen LogP contribution in [0.1, 0.15) is 17.5 Å².